The molecule has 0 aliphatic heterocycles. The topological polar surface area (TPSA) is 120 Å². The second-order valence-corrected chi connectivity index (χ2v) is 9.98. The maximum absolute atomic E-state index is 8.49. The van der Waals surface area contributed by atoms with Crippen LogP contribution in [0.4, 0.5) is 0 Å². The van der Waals surface area contributed by atoms with Gasteiger partial charge in [-0.2, -0.15) is 0 Å². The van der Waals surface area contributed by atoms with E-state index >= 15 is 0 Å². The molecule has 1 heterocycles. The molecule has 200 valence electrons. The van der Waals surface area contributed by atoms with Crippen LogP contribution in [0.15, 0.2) is 84.9 Å². The number of unbranched alkanes of at least 4 members (excludes halogenated alkanes) is 1. The Hall–Kier alpha value is -3.24. The minimum atomic E-state index is -4.94. The van der Waals surface area contributed by atoms with E-state index in [1.807, 2.05) is 24.3 Å². The molecule has 9 heteroatoms. The lowest BCUT2D eigenvalue weighted by atomic mass is 10.0. The van der Waals surface area contributed by atoms with Crippen LogP contribution in [0, 0.1) is 10.2 Å². The fourth-order valence-electron chi connectivity index (χ4n) is 3.54. The maximum Gasteiger partial charge on any atom is 0.239 e. The maximum atomic E-state index is 8.49. The first-order valence-electron chi connectivity index (χ1n) is 11.8. The van der Waals surface area contributed by atoms with Gasteiger partial charge in [-0.25, -0.2) is 18.6 Å². The Kier molecular flexibility index (Phi) is 10.8. The van der Waals surface area contributed by atoms with Gasteiger partial charge in [0.15, 0.2) is 0 Å². The van der Waals surface area contributed by atoms with E-state index in [0.29, 0.717) is 0 Å². The Balaban J connectivity index is 0.000000732. The van der Waals surface area contributed by atoms with Crippen molar-refractivity contribution in [3.05, 3.63) is 84.9 Å². The molecule has 0 aliphatic carbocycles. The van der Waals surface area contributed by atoms with Gasteiger partial charge < -0.3 is 14.2 Å². The van der Waals surface area contributed by atoms with Gasteiger partial charge in [-0.15, -0.1) is 10.2 Å². The van der Waals surface area contributed by atoms with Crippen LogP contribution in [0.2, 0.25) is 0 Å². The minimum absolute atomic E-state index is 0.756. The molecule has 0 atom stereocenters. The third kappa shape index (κ3) is 9.25. The Morgan fingerprint density at radius 2 is 1.00 bits per heavy atom. The average molecular weight is 557 g/mol. The van der Waals surface area contributed by atoms with Gasteiger partial charge in [-0.05, 0) is 78.2 Å². The predicted molar refractivity (Wildman–Crippen MR) is 139 cm³/mol. The summed E-state index contributed by atoms with van der Waals surface area (Å²) in [5.74, 6) is 2.62. The highest BCUT2D eigenvalue weighted by Gasteiger charge is 2.19. The highest BCUT2D eigenvalue weighted by Crippen LogP contribution is 2.38. The lowest BCUT2D eigenvalue weighted by Crippen LogP contribution is -2.68. The standard InChI is InChI=1S/C29H29O3S.ClHO4/c1-4-5-18-32-27-16-6-21(7-17-27)24-19-28(22-8-12-25(30-2)13-9-22)33-29(20-24)23-10-14-26(31-3)15-11-23;2-1(3,4)5/h6-17,19-20H,4-5,18H2,1-3H3;(H,2,3,4,5)/q+1;/p-1. The predicted octanol–water partition coefficient (Wildman–Crippen LogP) is 3.47. The van der Waals surface area contributed by atoms with E-state index < -0.39 is 10.2 Å². The quantitative estimate of drug-likeness (QED) is 0.229. The van der Waals surface area contributed by atoms with E-state index in [0.717, 1.165) is 53.4 Å². The van der Waals surface area contributed by atoms with E-state index in [2.05, 4.69) is 67.6 Å². The fraction of sp³-hybridized carbons (Fsp3) is 0.207. The van der Waals surface area contributed by atoms with Gasteiger partial charge in [-0.1, -0.05) is 25.5 Å². The molecule has 0 spiro atoms. The van der Waals surface area contributed by atoms with E-state index in [1.54, 1.807) is 25.6 Å². The molecule has 7 nitrogen and oxygen atoms in total. The van der Waals surface area contributed by atoms with Crippen molar-refractivity contribution in [3.63, 3.8) is 0 Å². The summed E-state index contributed by atoms with van der Waals surface area (Å²) in [4.78, 5) is 2.40. The summed E-state index contributed by atoms with van der Waals surface area (Å²) < 4.78 is 50.5. The fourth-order valence-corrected chi connectivity index (χ4v) is 4.66. The van der Waals surface area contributed by atoms with Crippen molar-refractivity contribution in [2.45, 2.75) is 19.8 Å². The van der Waals surface area contributed by atoms with E-state index in [4.69, 9.17) is 32.8 Å². The van der Waals surface area contributed by atoms with Crippen molar-refractivity contribution in [2.75, 3.05) is 20.8 Å². The zero-order valence-corrected chi connectivity index (χ0v) is 22.9. The van der Waals surface area contributed by atoms with Crippen LogP contribution in [-0.4, -0.2) is 20.8 Å². The van der Waals surface area contributed by atoms with Gasteiger partial charge in [0.1, 0.15) is 17.2 Å². The summed E-state index contributed by atoms with van der Waals surface area (Å²) in [5.41, 5.74) is 4.66. The molecule has 0 radical (unpaired) electrons. The van der Waals surface area contributed by atoms with E-state index in [9.17, 15) is 0 Å². The summed E-state index contributed by atoms with van der Waals surface area (Å²) in [6.45, 7) is 2.93. The number of hydrogen-bond acceptors (Lipinski definition) is 7. The number of halogens is 1. The van der Waals surface area contributed by atoms with Crippen molar-refractivity contribution in [3.8, 4) is 49.3 Å². The Morgan fingerprint density at radius 3 is 1.39 bits per heavy atom. The second-order valence-electron chi connectivity index (χ2n) is 8.14. The highest BCUT2D eigenvalue weighted by molar-refractivity contribution is 7.18. The van der Waals surface area contributed by atoms with Crippen molar-refractivity contribution in [1.82, 2.24) is 0 Å². The summed E-state index contributed by atoms with van der Waals surface area (Å²) >= 11 is 1.77. The summed E-state index contributed by atoms with van der Waals surface area (Å²) in [6, 6.07) is 29.3. The SMILES string of the molecule is CCCCOc1ccc(-c2cc(-c3ccc(OC)cc3)[s+]c(-c3ccc(OC)cc3)c2)cc1.[O-][Cl+3]([O-])([O-])[O-]. The normalized spacial score (nSPS) is 10.8. The summed E-state index contributed by atoms with van der Waals surface area (Å²) in [7, 11) is -1.56. The van der Waals surface area contributed by atoms with Gasteiger partial charge in [0.05, 0.1) is 20.8 Å². The molecule has 1 aromatic heterocycles. The molecule has 0 saturated carbocycles. The first kappa shape index (κ1) is 29.3. The number of rotatable bonds is 9. The molecule has 0 fully saturated rings. The van der Waals surface area contributed by atoms with Crippen LogP contribution < -0.4 is 32.8 Å². The molecule has 3 aromatic carbocycles. The van der Waals surface area contributed by atoms with Crippen molar-refractivity contribution < 1.29 is 43.1 Å². The average Bonchev–Trinajstić information content (AvgIpc) is 2.92. The molecule has 0 N–H and O–H groups in total. The van der Waals surface area contributed by atoms with Gasteiger partial charge >= 0.3 is 0 Å². The molecule has 0 saturated heterocycles. The third-order valence-corrected chi connectivity index (χ3v) is 6.64. The molecule has 0 aliphatic rings. The molecule has 0 bridgehead atoms. The molecule has 38 heavy (non-hydrogen) atoms. The Morgan fingerprint density at radius 1 is 0.605 bits per heavy atom. The molecular formula is C29H29ClO7S. The Labute approximate surface area is 228 Å². The van der Waals surface area contributed by atoms with Crippen LogP contribution in [0.3, 0.4) is 0 Å². The van der Waals surface area contributed by atoms with Crippen LogP contribution in [0.5, 0.6) is 17.2 Å². The molecule has 0 amide bonds. The number of ether oxygens (including phenoxy) is 3. The number of methoxy groups -OCH3 is 2. The highest BCUT2D eigenvalue weighted by atomic mass is 35.7. The minimum Gasteiger partial charge on any atom is -0.497 e. The first-order chi connectivity index (χ1) is 18.2. The lowest BCUT2D eigenvalue weighted by molar-refractivity contribution is -2.00. The van der Waals surface area contributed by atoms with Crippen LogP contribution in [-0.2, 0) is 0 Å². The zero-order chi connectivity index (χ0) is 27.5. The van der Waals surface area contributed by atoms with Crippen molar-refractivity contribution in [1.29, 1.82) is 0 Å². The van der Waals surface area contributed by atoms with Crippen LogP contribution >= 0.6 is 11.3 Å². The smallest absolute Gasteiger partial charge is 0.239 e. The van der Waals surface area contributed by atoms with Crippen molar-refractivity contribution in [2.24, 2.45) is 0 Å². The molecule has 4 rings (SSSR count). The van der Waals surface area contributed by atoms with Crippen LogP contribution in [0.25, 0.3) is 32.0 Å². The molecule has 4 aromatic rings. The van der Waals surface area contributed by atoms with Crippen LogP contribution in [0.1, 0.15) is 19.8 Å². The van der Waals surface area contributed by atoms with Gasteiger partial charge in [0.25, 0.3) is 0 Å². The summed E-state index contributed by atoms with van der Waals surface area (Å²) in [5, 5.41) is 0. The lowest BCUT2D eigenvalue weighted by Gasteiger charge is -2.17. The Bertz CT molecular complexity index is 1200. The monoisotopic (exact) mass is 556 g/mol. The van der Waals surface area contributed by atoms with E-state index in [-0.39, 0.29) is 0 Å². The zero-order valence-electron chi connectivity index (χ0n) is 21.3. The largest absolute Gasteiger partial charge is 0.497 e. The summed E-state index contributed by atoms with van der Waals surface area (Å²) in [6.07, 6.45) is 2.20. The molecular weight excluding hydrogens is 528 g/mol. The van der Waals surface area contributed by atoms with E-state index in [1.165, 1.54) is 15.3 Å². The van der Waals surface area contributed by atoms with Gasteiger partial charge in [-0.3, -0.25) is 0 Å². The number of benzene rings is 3. The van der Waals surface area contributed by atoms with Gasteiger partial charge in [0, 0.05) is 23.3 Å². The number of hydrogen-bond donors (Lipinski definition) is 0. The third-order valence-electron chi connectivity index (χ3n) is 5.50. The molecule has 0 unspecified atom stereocenters. The van der Waals surface area contributed by atoms with Gasteiger partial charge in [0.2, 0.25) is 21.1 Å². The van der Waals surface area contributed by atoms with Crippen molar-refractivity contribution >= 4 is 11.3 Å². The first-order valence-corrected chi connectivity index (χ1v) is 13.9. The second kappa shape index (κ2) is 14.1.